The molecule has 2 aromatic rings. The van der Waals surface area contributed by atoms with Crippen LogP contribution in [0, 0.1) is 0 Å². The number of carbonyl (C=O) groups excluding carboxylic acids is 2. The molecule has 1 spiro atoms. The summed E-state index contributed by atoms with van der Waals surface area (Å²) in [5.74, 6) is -0.564. The van der Waals surface area contributed by atoms with Gasteiger partial charge in [-0.2, -0.15) is 0 Å². The van der Waals surface area contributed by atoms with Gasteiger partial charge in [0.15, 0.2) is 17.3 Å². The van der Waals surface area contributed by atoms with Gasteiger partial charge in [0.2, 0.25) is 0 Å². The van der Waals surface area contributed by atoms with E-state index in [0.29, 0.717) is 56.2 Å². The van der Waals surface area contributed by atoms with E-state index in [2.05, 4.69) is 20.3 Å². The molecule has 1 N–H and O–H groups in total. The van der Waals surface area contributed by atoms with Crippen LogP contribution in [0.4, 0.5) is 11.5 Å². The maximum Gasteiger partial charge on any atom is 0.337 e. The zero-order valence-corrected chi connectivity index (χ0v) is 16.1. The van der Waals surface area contributed by atoms with Crippen LogP contribution in [0.5, 0.6) is 0 Å². The molecule has 9 nitrogen and oxygen atoms in total. The van der Waals surface area contributed by atoms with E-state index in [1.165, 1.54) is 7.11 Å². The standard InChI is InChI=1S/C20H22N4O5/c1-27-19(26)14-2-4-15(5-3-14)21-17-7-6-16(22-23-17)18(25)24-10-8-20(9-11-24)28-12-13-29-20/h2-7H,8-13H2,1H3,(H,21,23). The van der Waals surface area contributed by atoms with Crippen LogP contribution in [0.1, 0.15) is 33.7 Å². The highest BCUT2D eigenvalue weighted by molar-refractivity contribution is 5.92. The largest absolute Gasteiger partial charge is 0.465 e. The summed E-state index contributed by atoms with van der Waals surface area (Å²) in [4.78, 5) is 25.9. The Balaban J connectivity index is 1.35. The van der Waals surface area contributed by atoms with Gasteiger partial charge in [-0.15, -0.1) is 10.2 Å². The molecule has 0 radical (unpaired) electrons. The molecule has 1 amide bonds. The van der Waals surface area contributed by atoms with Gasteiger partial charge in [0.1, 0.15) is 0 Å². The van der Waals surface area contributed by atoms with Crippen LogP contribution in [0.25, 0.3) is 0 Å². The molecule has 152 valence electrons. The third-order valence-electron chi connectivity index (χ3n) is 5.09. The Bertz CT molecular complexity index is 869. The number of nitrogens with zero attached hydrogens (tertiary/aromatic N) is 3. The Hall–Kier alpha value is -3.04. The molecule has 9 heteroatoms. The highest BCUT2D eigenvalue weighted by Gasteiger charge is 2.41. The third-order valence-corrected chi connectivity index (χ3v) is 5.09. The van der Waals surface area contributed by atoms with Crippen molar-refractivity contribution in [2.75, 3.05) is 38.7 Å². The first-order valence-corrected chi connectivity index (χ1v) is 9.45. The van der Waals surface area contributed by atoms with Crippen LogP contribution in [-0.2, 0) is 14.2 Å². The lowest BCUT2D eigenvalue weighted by atomic mass is 10.0. The molecule has 1 aromatic carbocycles. The van der Waals surface area contributed by atoms with Crippen molar-refractivity contribution in [3.8, 4) is 0 Å². The van der Waals surface area contributed by atoms with E-state index >= 15 is 0 Å². The fourth-order valence-corrected chi connectivity index (χ4v) is 3.47. The lowest BCUT2D eigenvalue weighted by molar-refractivity contribution is -0.181. The van der Waals surface area contributed by atoms with Crippen LogP contribution in [0.3, 0.4) is 0 Å². The van der Waals surface area contributed by atoms with Crippen molar-refractivity contribution in [1.29, 1.82) is 0 Å². The molecule has 0 atom stereocenters. The first kappa shape index (κ1) is 19.3. The minimum atomic E-state index is -0.514. The Morgan fingerprint density at radius 3 is 2.31 bits per heavy atom. The van der Waals surface area contributed by atoms with Crippen LogP contribution >= 0.6 is 0 Å². The Morgan fingerprint density at radius 1 is 1.03 bits per heavy atom. The van der Waals surface area contributed by atoms with E-state index in [1.807, 2.05) is 0 Å². The number of anilines is 2. The molecule has 0 bridgehead atoms. The predicted octanol–water partition coefficient (Wildman–Crippen LogP) is 1.99. The Morgan fingerprint density at radius 2 is 1.72 bits per heavy atom. The summed E-state index contributed by atoms with van der Waals surface area (Å²) in [7, 11) is 1.34. The minimum absolute atomic E-state index is 0.153. The molecule has 29 heavy (non-hydrogen) atoms. The van der Waals surface area contributed by atoms with Crippen LogP contribution in [0.2, 0.25) is 0 Å². The number of carbonyl (C=O) groups is 2. The Kier molecular flexibility index (Phi) is 5.41. The van der Waals surface area contributed by atoms with Gasteiger partial charge in [-0.1, -0.05) is 0 Å². The lowest BCUT2D eigenvalue weighted by Crippen LogP contribution is -2.47. The number of hydrogen-bond acceptors (Lipinski definition) is 8. The maximum atomic E-state index is 12.7. The number of nitrogens with one attached hydrogen (secondary N) is 1. The molecular weight excluding hydrogens is 376 g/mol. The normalized spacial score (nSPS) is 17.9. The molecule has 4 rings (SSSR count). The van der Waals surface area contributed by atoms with Crippen LogP contribution in [-0.4, -0.2) is 66.2 Å². The zero-order chi connectivity index (χ0) is 20.3. The number of aromatic nitrogens is 2. The van der Waals surface area contributed by atoms with E-state index in [0.717, 1.165) is 5.69 Å². The van der Waals surface area contributed by atoms with E-state index in [1.54, 1.807) is 41.3 Å². The number of benzene rings is 1. The number of rotatable bonds is 4. The summed E-state index contributed by atoms with van der Waals surface area (Å²) in [5.41, 5.74) is 1.49. The average Bonchev–Trinajstić information content (AvgIpc) is 3.22. The summed E-state index contributed by atoms with van der Waals surface area (Å²) in [6, 6.07) is 10.1. The summed E-state index contributed by atoms with van der Waals surface area (Å²) >= 11 is 0. The molecule has 0 saturated carbocycles. The van der Waals surface area contributed by atoms with Gasteiger partial charge in [0.25, 0.3) is 5.91 Å². The number of piperidine rings is 1. The molecular formula is C20H22N4O5. The highest BCUT2D eigenvalue weighted by Crippen LogP contribution is 2.31. The second-order valence-corrected chi connectivity index (χ2v) is 6.90. The van der Waals surface area contributed by atoms with E-state index in [4.69, 9.17) is 9.47 Å². The summed E-state index contributed by atoms with van der Waals surface area (Å²) in [6.07, 6.45) is 1.32. The van der Waals surface area contributed by atoms with Crippen molar-refractivity contribution in [1.82, 2.24) is 15.1 Å². The highest BCUT2D eigenvalue weighted by atomic mass is 16.7. The summed E-state index contributed by atoms with van der Waals surface area (Å²) < 4.78 is 16.1. The summed E-state index contributed by atoms with van der Waals surface area (Å²) in [6.45, 7) is 2.35. The number of ether oxygens (including phenoxy) is 3. The molecule has 1 aromatic heterocycles. The quantitative estimate of drug-likeness (QED) is 0.780. The van der Waals surface area contributed by atoms with Crippen molar-refractivity contribution in [3.05, 3.63) is 47.7 Å². The molecule has 2 aliphatic heterocycles. The van der Waals surface area contributed by atoms with Gasteiger partial charge in [-0.05, 0) is 36.4 Å². The monoisotopic (exact) mass is 398 g/mol. The summed E-state index contributed by atoms with van der Waals surface area (Å²) in [5, 5.41) is 11.2. The van der Waals surface area contributed by atoms with E-state index in [9.17, 15) is 9.59 Å². The molecule has 2 aliphatic rings. The van der Waals surface area contributed by atoms with Gasteiger partial charge in [-0.25, -0.2) is 4.79 Å². The first-order chi connectivity index (χ1) is 14.1. The topological polar surface area (TPSA) is 103 Å². The van der Waals surface area contributed by atoms with E-state index < -0.39 is 11.8 Å². The maximum absolute atomic E-state index is 12.7. The number of esters is 1. The SMILES string of the molecule is COC(=O)c1ccc(Nc2ccc(C(=O)N3CCC4(CC3)OCCO4)nn2)cc1. The van der Waals surface area contributed by atoms with E-state index in [-0.39, 0.29) is 5.91 Å². The minimum Gasteiger partial charge on any atom is -0.465 e. The van der Waals surface area contributed by atoms with Gasteiger partial charge >= 0.3 is 5.97 Å². The predicted molar refractivity (Wildman–Crippen MR) is 103 cm³/mol. The third kappa shape index (κ3) is 4.20. The first-order valence-electron chi connectivity index (χ1n) is 9.45. The average molecular weight is 398 g/mol. The molecule has 0 unspecified atom stereocenters. The smallest absolute Gasteiger partial charge is 0.337 e. The zero-order valence-electron chi connectivity index (χ0n) is 16.1. The fraction of sp³-hybridized carbons (Fsp3) is 0.400. The fourth-order valence-electron chi connectivity index (χ4n) is 3.47. The lowest BCUT2D eigenvalue weighted by Gasteiger charge is -2.37. The van der Waals surface area contributed by atoms with Gasteiger partial charge in [0.05, 0.1) is 25.9 Å². The number of methoxy groups -OCH3 is 1. The second kappa shape index (κ2) is 8.14. The van der Waals surface area contributed by atoms with Crippen LogP contribution < -0.4 is 5.32 Å². The molecule has 3 heterocycles. The molecule has 2 fully saturated rings. The van der Waals surface area contributed by atoms with Gasteiger partial charge in [0, 0.05) is 31.6 Å². The van der Waals surface area contributed by atoms with Crippen molar-refractivity contribution in [2.45, 2.75) is 18.6 Å². The molecule has 0 aliphatic carbocycles. The second-order valence-electron chi connectivity index (χ2n) is 6.90. The van der Waals surface area contributed by atoms with Gasteiger partial charge in [-0.3, -0.25) is 4.79 Å². The molecule has 2 saturated heterocycles. The number of likely N-dealkylation sites (tertiary alicyclic amines) is 1. The van der Waals surface area contributed by atoms with Crippen LogP contribution in [0.15, 0.2) is 36.4 Å². The number of amides is 1. The number of hydrogen-bond donors (Lipinski definition) is 1. The van der Waals surface area contributed by atoms with Crippen molar-refractivity contribution in [3.63, 3.8) is 0 Å². The van der Waals surface area contributed by atoms with Gasteiger partial charge < -0.3 is 24.4 Å². The Labute approximate surface area is 168 Å². The van der Waals surface area contributed by atoms with Crippen molar-refractivity contribution in [2.24, 2.45) is 0 Å². The van der Waals surface area contributed by atoms with Crippen molar-refractivity contribution < 1.29 is 23.8 Å². The van der Waals surface area contributed by atoms with Crippen molar-refractivity contribution >= 4 is 23.4 Å².